The smallest absolute Gasteiger partial charge is 0.126 e. The van der Waals surface area contributed by atoms with Crippen LogP contribution in [0.3, 0.4) is 0 Å². The van der Waals surface area contributed by atoms with Gasteiger partial charge in [-0.2, -0.15) is 0 Å². The van der Waals surface area contributed by atoms with Crippen molar-refractivity contribution in [3.63, 3.8) is 0 Å². The molecule has 2 rings (SSSR count). The zero-order valence-electron chi connectivity index (χ0n) is 9.27. The molecule has 0 spiro atoms. The molecule has 0 fully saturated rings. The summed E-state index contributed by atoms with van der Waals surface area (Å²) in [5, 5.41) is 4.49. The Morgan fingerprint density at radius 3 is 2.44 bits per heavy atom. The highest BCUT2D eigenvalue weighted by Gasteiger charge is 2.01. The minimum atomic E-state index is 0. The fraction of sp³-hybridized carbons (Fsp3) is 0.0833. The average molecular weight is 326 g/mol. The van der Waals surface area contributed by atoms with Crippen molar-refractivity contribution in [2.45, 2.75) is 6.54 Å². The molecule has 0 saturated carbocycles. The van der Waals surface area contributed by atoms with Crippen LogP contribution < -0.4 is 5.32 Å². The van der Waals surface area contributed by atoms with E-state index in [1.54, 1.807) is 12.3 Å². The maximum Gasteiger partial charge on any atom is 0.126 e. The predicted molar refractivity (Wildman–Crippen MR) is 82.5 cm³/mol. The van der Waals surface area contributed by atoms with E-state index in [0.29, 0.717) is 16.6 Å². The number of pyridine rings is 1. The van der Waals surface area contributed by atoms with Crippen LogP contribution >= 0.6 is 48.0 Å². The first-order valence-electron chi connectivity index (χ1n) is 4.84. The van der Waals surface area contributed by atoms with Crippen LogP contribution in [0.15, 0.2) is 42.6 Å². The molecule has 98 valence electrons. The molecule has 1 aromatic heterocycles. The van der Waals surface area contributed by atoms with Gasteiger partial charge in [0.15, 0.2) is 0 Å². The summed E-state index contributed by atoms with van der Waals surface area (Å²) in [5.41, 5.74) is 0.997. The van der Waals surface area contributed by atoms with Gasteiger partial charge in [-0.1, -0.05) is 35.3 Å². The summed E-state index contributed by atoms with van der Waals surface area (Å²) in [6.07, 6.45) is 1.74. The Balaban J connectivity index is 0.00000144. The van der Waals surface area contributed by atoms with Gasteiger partial charge in [-0.3, -0.25) is 0 Å². The molecule has 0 unspecified atom stereocenters. The zero-order valence-corrected chi connectivity index (χ0v) is 12.4. The van der Waals surface area contributed by atoms with E-state index >= 15 is 0 Å². The molecule has 18 heavy (non-hydrogen) atoms. The third-order valence-electron chi connectivity index (χ3n) is 2.14. The summed E-state index contributed by atoms with van der Waals surface area (Å²) in [6.45, 7) is 0.632. The van der Waals surface area contributed by atoms with E-state index in [4.69, 9.17) is 23.2 Å². The van der Waals surface area contributed by atoms with E-state index in [-0.39, 0.29) is 24.8 Å². The number of benzene rings is 1. The first kappa shape index (κ1) is 17.3. The number of hydrogen-bond donors (Lipinski definition) is 1. The number of aromatic nitrogens is 1. The lowest BCUT2D eigenvalue weighted by Crippen LogP contribution is -2.01. The Bertz CT molecular complexity index is 477. The minimum absolute atomic E-state index is 0. The molecule has 0 bridgehead atoms. The summed E-state index contributed by atoms with van der Waals surface area (Å²) in [4.78, 5) is 4.16. The molecule has 2 nitrogen and oxygen atoms in total. The molecule has 0 aliphatic heterocycles. The lowest BCUT2D eigenvalue weighted by molar-refractivity contribution is 1.11. The van der Waals surface area contributed by atoms with Crippen LogP contribution in [0.1, 0.15) is 5.56 Å². The van der Waals surface area contributed by atoms with Gasteiger partial charge in [0.05, 0.1) is 0 Å². The molecular formula is C12H12Cl4N2. The predicted octanol–water partition coefficient (Wildman–Crippen LogP) is 4.84. The Morgan fingerprint density at radius 2 is 1.83 bits per heavy atom. The van der Waals surface area contributed by atoms with E-state index in [9.17, 15) is 0 Å². The highest BCUT2D eigenvalue weighted by molar-refractivity contribution is 6.35. The minimum Gasteiger partial charge on any atom is -0.366 e. The number of nitrogens with zero attached hydrogens (tertiary/aromatic N) is 1. The van der Waals surface area contributed by atoms with Crippen molar-refractivity contribution in [2.24, 2.45) is 0 Å². The van der Waals surface area contributed by atoms with Crippen LogP contribution in [0, 0.1) is 0 Å². The van der Waals surface area contributed by atoms with Crippen molar-refractivity contribution in [2.75, 3.05) is 5.32 Å². The van der Waals surface area contributed by atoms with Crippen LogP contribution in [0.2, 0.25) is 10.0 Å². The van der Waals surface area contributed by atoms with Crippen molar-refractivity contribution >= 4 is 53.8 Å². The van der Waals surface area contributed by atoms with Gasteiger partial charge < -0.3 is 5.32 Å². The molecule has 0 aliphatic carbocycles. The average Bonchev–Trinajstić information content (AvgIpc) is 2.29. The van der Waals surface area contributed by atoms with Gasteiger partial charge >= 0.3 is 0 Å². The van der Waals surface area contributed by atoms with E-state index < -0.39 is 0 Å². The Kier molecular flexibility index (Phi) is 8.12. The van der Waals surface area contributed by atoms with Crippen molar-refractivity contribution in [1.82, 2.24) is 4.98 Å². The maximum atomic E-state index is 6.05. The summed E-state index contributed by atoms with van der Waals surface area (Å²) < 4.78 is 0. The molecule has 0 atom stereocenters. The van der Waals surface area contributed by atoms with Crippen LogP contribution in [-0.4, -0.2) is 4.98 Å². The Hall–Kier alpha value is -0.670. The third kappa shape index (κ3) is 4.91. The second-order valence-corrected chi connectivity index (χ2v) is 4.15. The molecule has 0 radical (unpaired) electrons. The highest BCUT2D eigenvalue weighted by atomic mass is 35.5. The van der Waals surface area contributed by atoms with E-state index in [2.05, 4.69) is 10.3 Å². The van der Waals surface area contributed by atoms with Crippen molar-refractivity contribution in [3.8, 4) is 0 Å². The molecular weight excluding hydrogens is 314 g/mol. The number of rotatable bonds is 3. The molecule has 1 heterocycles. The first-order chi connectivity index (χ1) is 7.75. The monoisotopic (exact) mass is 324 g/mol. The highest BCUT2D eigenvalue weighted by Crippen LogP contribution is 2.21. The van der Waals surface area contributed by atoms with Crippen molar-refractivity contribution in [1.29, 1.82) is 0 Å². The molecule has 1 N–H and O–H groups in total. The lowest BCUT2D eigenvalue weighted by atomic mass is 10.2. The molecule has 1 aromatic carbocycles. The summed E-state index contributed by atoms with van der Waals surface area (Å²) in [5.74, 6) is 0.827. The fourth-order valence-corrected chi connectivity index (χ4v) is 1.79. The van der Waals surface area contributed by atoms with Crippen molar-refractivity contribution in [3.05, 3.63) is 58.2 Å². The molecule has 6 heteroatoms. The maximum absolute atomic E-state index is 6.05. The topological polar surface area (TPSA) is 24.9 Å². The number of anilines is 1. The third-order valence-corrected chi connectivity index (χ3v) is 2.73. The van der Waals surface area contributed by atoms with Gasteiger partial charge in [0, 0.05) is 22.8 Å². The van der Waals surface area contributed by atoms with Gasteiger partial charge in [-0.25, -0.2) is 4.98 Å². The van der Waals surface area contributed by atoms with Gasteiger partial charge in [-0.05, 0) is 29.8 Å². The molecule has 2 aromatic rings. The second-order valence-electron chi connectivity index (χ2n) is 3.30. The van der Waals surface area contributed by atoms with Crippen LogP contribution in [0.5, 0.6) is 0 Å². The standard InChI is InChI=1S/C12H10Cl2N2.2ClH/c13-10-5-4-9(11(14)7-10)8-16-12-3-1-2-6-15-12;;/h1-7H,8H2,(H,15,16);2*1H. The zero-order chi connectivity index (χ0) is 11.4. The molecule has 0 saturated heterocycles. The van der Waals surface area contributed by atoms with Crippen molar-refractivity contribution < 1.29 is 0 Å². The lowest BCUT2D eigenvalue weighted by Gasteiger charge is -2.07. The first-order valence-corrected chi connectivity index (χ1v) is 5.60. The Labute approximate surface area is 129 Å². The summed E-state index contributed by atoms with van der Waals surface area (Å²) >= 11 is 11.9. The van der Waals surface area contributed by atoms with Crippen LogP contribution in [0.25, 0.3) is 0 Å². The number of halogens is 4. The number of nitrogens with one attached hydrogen (secondary N) is 1. The van der Waals surface area contributed by atoms with E-state index in [1.807, 2.05) is 30.3 Å². The van der Waals surface area contributed by atoms with Gasteiger partial charge in [0.2, 0.25) is 0 Å². The molecule has 0 amide bonds. The largest absolute Gasteiger partial charge is 0.366 e. The quantitative estimate of drug-likeness (QED) is 0.873. The fourth-order valence-electron chi connectivity index (χ4n) is 1.32. The Morgan fingerprint density at radius 1 is 1.06 bits per heavy atom. The van der Waals surface area contributed by atoms with Gasteiger partial charge in [0.1, 0.15) is 5.82 Å². The normalized spacial score (nSPS) is 9.00. The summed E-state index contributed by atoms with van der Waals surface area (Å²) in [6, 6.07) is 11.2. The molecule has 0 aliphatic rings. The SMILES string of the molecule is Cl.Cl.Clc1ccc(CNc2ccccn2)c(Cl)c1. The van der Waals surface area contributed by atoms with Gasteiger partial charge in [-0.15, -0.1) is 24.8 Å². The number of hydrogen-bond acceptors (Lipinski definition) is 2. The van der Waals surface area contributed by atoms with E-state index in [1.165, 1.54) is 0 Å². The van der Waals surface area contributed by atoms with Gasteiger partial charge in [0.25, 0.3) is 0 Å². The summed E-state index contributed by atoms with van der Waals surface area (Å²) in [7, 11) is 0. The second kappa shape index (κ2) is 8.44. The van der Waals surface area contributed by atoms with Crippen LogP contribution in [-0.2, 0) is 6.54 Å². The van der Waals surface area contributed by atoms with E-state index in [0.717, 1.165) is 11.4 Å². The van der Waals surface area contributed by atoms with Crippen LogP contribution in [0.4, 0.5) is 5.82 Å².